The average Bonchev–Trinajstić information content (AvgIpc) is 3.67. The second-order valence-electron chi connectivity index (χ2n) is 15.2. The molecule has 0 spiro atoms. The maximum Gasteiger partial charge on any atom is 0.164 e. The van der Waals surface area contributed by atoms with Gasteiger partial charge in [0, 0.05) is 54.7 Å². The van der Waals surface area contributed by atoms with Crippen molar-refractivity contribution >= 4 is 43.6 Å². The quantitative estimate of drug-likeness (QED) is 0.158. The molecule has 278 valence electrons. The Hall–Kier alpha value is -7.76. The smallest absolute Gasteiger partial charge is 0.164 e. The minimum Gasteiger partial charge on any atom is -0.456 e. The van der Waals surface area contributed by atoms with Crippen LogP contribution in [0.1, 0.15) is 11.1 Å². The van der Waals surface area contributed by atoms with Crippen molar-refractivity contribution in [1.29, 1.82) is 0 Å². The van der Waals surface area contributed by atoms with Gasteiger partial charge in [0.2, 0.25) is 0 Å². The monoisotopic (exact) mass is 756 g/mol. The molecule has 0 amide bonds. The van der Waals surface area contributed by atoms with E-state index in [-0.39, 0.29) is 0 Å². The number of para-hydroxylation sites is 2. The van der Waals surface area contributed by atoms with Crippen molar-refractivity contribution < 1.29 is 4.42 Å². The van der Waals surface area contributed by atoms with Gasteiger partial charge in [-0.25, -0.2) is 19.9 Å². The molecule has 59 heavy (non-hydrogen) atoms. The van der Waals surface area contributed by atoms with E-state index in [1.807, 2.05) is 12.1 Å². The second kappa shape index (κ2) is 14.0. The number of pyridine rings is 1. The predicted octanol–water partition coefficient (Wildman–Crippen LogP) is 14.1. The van der Waals surface area contributed by atoms with Crippen molar-refractivity contribution in [3.63, 3.8) is 0 Å². The van der Waals surface area contributed by atoms with Gasteiger partial charge in [0.05, 0.1) is 11.2 Å². The fraction of sp³-hybridized carbons (Fsp3) is 0.0370. The van der Waals surface area contributed by atoms with Crippen molar-refractivity contribution in [2.75, 3.05) is 0 Å². The molecule has 0 N–H and O–H groups in total. The Balaban J connectivity index is 1.08. The van der Waals surface area contributed by atoms with Crippen LogP contribution in [0.5, 0.6) is 0 Å². The molecule has 0 radical (unpaired) electrons. The number of benzene rings is 8. The molecular weight excluding hydrogens is 721 g/mol. The molecule has 0 aliphatic heterocycles. The van der Waals surface area contributed by atoms with Crippen molar-refractivity contribution in [3.05, 3.63) is 193 Å². The molecular formula is C54H36N4O. The van der Waals surface area contributed by atoms with Gasteiger partial charge in [0.25, 0.3) is 0 Å². The first-order valence-electron chi connectivity index (χ1n) is 19.9. The van der Waals surface area contributed by atoms with Crippen molar-refractivity contribution in [3.8, 4) is 67.7 Å². The summed E-state index contributed by atoms with van der Waals surface area (Å²) >= 11 is 0. The van der Waals surface area contributed by atoms with Gasteiger partial charge >= 0.3 is 0 Å². The zero-order valence-electron chi connectivity index (χ0n) is 32.5. The Bertz CT molecular complexity index is 3310. The Kier molecular flexibility index (Phi) is 8.19. The normalized spacial score (nSPS) is 11.6. The number of fused-ring (bicyclic) bond motifs is 6. The molecule has 0 fully saturated rings. The summed E-state index contributed by atoms with van der Waals surface area (Å²) in [6.07, 6.45) is 0. The summed E-state index contributed by atoms with van der Waals surface area (Å²) < 4.78 is 6.64. The van der Waals surface area contributed by atoms with Crippen LogP contribution in [-0.2, 0) is 0 Å². The zero-order chi connectivity index (χ0) is 39.5. The third-order valence-electron chi connectivity index (χ3n) is 11.3. The van der Waals surface area contributed by atoms with E-state index in [9.17, 15) is 0 Å². The third kappa shape index (κ3) is 6.12. The fourth-order valence-corrected chi connectivity index (χ4v) is 8.26. The number of aromatic nitrogens is 4. The number of aryl methyl sites for hydroxylation is 2. The summed E-state index contributed by atoms with van der Waals surface area (Å²) in [7, 11) is 0. The number of hydrogen-bond donors (Lipinski definition) is 0. The average molecular weight is 757 g/mol. The molecule has 0 saturated heterocycles. The van der Waals surface area contributed by atoms with E-state index in [1.165, 1.54) is 11.1 Å². The Labute approximate surface area is 341 Å². The van der Waals surface area contributed by atoms with Gasteiger partial charge in [0.15, 0.2) is 17.5 Å². The van der Waals surface area contributed by atoms with Crippen LogP contribution in [0.3, 0.4) is 0 Å². The first-order chi connectivity index (χ1) is 29.0. The van der Waals surface area contributed by atoms with Crippen LogP contribution in [0, 0.1) is 13.8 Å². The molecule has 0 aliphatic carbocycles. The van der Waals surface area contributed by atoms with Crippen molar-refractivity contribution in [2.45, 2.75) is 13.8 Å². The first kappa shape index (κ1) is 34.5. The van der Waals surface area contributed by atoms with Gasteiger partial charge in [-0.3, -0.25) is 0 Å². The summed E-state index contributed by atoms with van der Waals surface area (Å²) in [4.78, 5) is 20.2. The minimum absolute atomic E-state index is 0.631. The molecule has 0 atom stereocenters. The van der Waals surface area contributed by atoms with Crippen LogP contribution in [-0.4, -0.2) is 19.9 Å². The van der Waals surface area contributed by atoms with Gasteiger partial charge in [-0.2, -0.15) is 0 Å². The lowest BCUT2D eigenvalue weighted by Crippen LogP contribution is -2.00. The zero-order valence-corrected chi connectivity index (χ0v) is 32.5. The number of rotatable bonds is 6. The molecule has 5 nitrogen and oxygen atoms in total. The first-order valence-corrected chi connectivity index (χ1v) is 19.9. The van der Waals surface area contributed by atoms with Crippen molar-refractivity contribution in [1.82, 2.24) is 19.9 Å². The highest BCUT2D eigenvalue weighted by Crippen LogP contribution is 2.46. The standard InChI is InChI=1S/C54H36N4O/c1-33-19-23-37(24-20-33)52-56-53(38-25-21-34(2)22-26-38)58-54(57-52)39-29-27-35(28-30-39)40-13-10-14-41(31-40)48-49-42-15-6-8-17-45(42)55-51(36-11-4-3-5-12-36)44(49)32-47-50(48)43-16-7-9-18-46(43)59-47/h3-32H,1-2H3. The summed E-state index contributed by atoms with van der Waals surface area (Å²) in [5, 5.41) is 5.50. The fourth-order valence-electron chi connectivity index (χ4n) is 8.26. The Morgan fingerprint density at radius 1 is 0.339 bits per heavy atom. The third-order valence-corrected chi connectivity index (χ3v) is 11.3. The van der Waals surface area contributed by atoms with E-state index in [0.717, 1.165) is 93.8 Å². The van der Waals surface area contributed by atoms with Crippen LogP contribution in [0.4, 0.5) is 0 Å². The molecule has 3 heterocycles. The van der Waals surface area contributed by atoms with Crippen LogP contribution < -0.4 is 0 Å². The van der Waals surface area contributed by atoms with Crippen LogP contribution in [0.25, 0.3) is 111 Å². The lowest BCUT2D eigenvalue weighted by molar-refractivity contribution is 0.669. The summed E-state index contributed by atoms with van der Waals surface area (Å²) in [6.45, 7) is 4.17. The molecule has 3 aromatic heterocycles. The Morgan fingerprint density at radius 2 is 0.864 bits per heavy atom. The molecule has 11 aromatic rings. The van der Waals surface area contributed by atoms with Crippen LogP contribution in [0.15, 0.2) is 186 Å². The lowest BCUT2D eigenvalue weighted by atomic mass is 9.88. The highest BCUT2D eigenvalue weighted by Gasteiger charge is 2.22. The largest absolute Gasteiger partial charge is 0.456 e. The van der Waals surface area contributed by atoms with Gasteiger partial charge < -0.3 is 4.42 Å². The summed E-state index contributed by atoms with van der Waals surface area (Å²) in [5.74, 6) is 1.92. The second-order valence-corrected chi connectivity index (χ2v) is 15.2. The summed E-state index contributed by atoms with van der Waals surface area (Å²) in [6, 6.07) is 63.5. The van der Waals surface area contributed by atoms with Crippen molar-refractivity contribution in [2.24, 2.45) is 0 Å². The van der Waals surface area contributed by atoms with Gasteiger partial charge in [-0.1, -0.05) is 169 Å². The maximum absolute atomic E-state index is 6.64. The number of nitrogens with zero attached hydrogens (tertiary/aromatic N) is 4. The topological polar surface area (TPSA) is 64.7 Å². The minimum atomic E-state index is 0.631. The van der Waals surface area contributed by atoms with E-state index < -0.39 is 0 Å². The van der Waals surface area contributed by atoms with Crippen LogP contribution in [0.2, 0.25) is 0 Å². The van der Waals surface area contributed by atoms with Crippen LogP contribution >= 0.6 is 0 Å². The molecule has 0 aliphatic rings. The predicted molar refractivity (Wildman–Crippen MR) is 242 cm³/mol. The van der Waals surface area contributed by atoms with E-state index in [4.69, 9.17) is 24.4 Å². The van der Waals surface area contributed by atoms with E-state index >= 15 is 0 Å². The number of furan rings is 1. The van der Waals surface area contributed by atoms with E-state index in [2.05, 4.69) is 184 Å². The van der Waals surface area contributed by atoms with Gasteiger partial charge in [0.1, 0.15) is 11.2 Å². The lowest BCUT2D eigenvalue weighted by Gasteiger charge is -2.16. The molecule has 5 heteroatoms. The van der Waals surface area contributed by atoms with E-state index in [1.54, 1.807) is 0 Å². The SMILES string of the molecule is Cc1ccc(-c2nc(-c3ccc(C)cc3)nc(-c3ccc(-c4cccc(-c5c6c(cc7c(-c8ccccc8)nc8ccccc8c57)oc5ccccc56)c4)cc3)n2)cc1. The molecule has 0 bridgehead atoms. The molecule has 11 rings (SSSR count). The molecule has 0 saturated carbocycles. The van der Waals surface area contributed by atoms with Gasteiger partial charge in [-0.05, 0) is 54.8 Å². The Morgan fingerprint density at radius 3 is 1.53 bits per heavy atom. The maximum atomic E-state index is 6.64. The molecule has 0 unspecified atom stereocenters. The van der Waals surface area contributed by atoms with Gasteiger partial charge in [-0.15, -0.1) is 0 Å². The highest BCUT2D eigenvalue weighted by molar-refractivity contribution is 6.27. The molecule has 8 aromatic carbocycles. The summed E-state index contributed by atoms with van der Waals surface area (Å²) in [5.41, 5.74) is 14.3. The number of hydrogen-bond acceptors (Lipinski definition) is 5. The highest BCUT2D eigenvalue weighted by atomic mass is 16.3. The van der Waals surface area contributed by atoms with E-state index in [0.29, 0.717) is 17.5 Å².